The van der Waals surface area contributed by atoms with E-state index in [1.165, 1.54) is 0 Å². The van der Waals surface area contributed by atoms with Gasteiger partial charge in [-0.05, 0) is 97.7 Å². The van der Waals surface area contributed by atoms with E-state index in [4.69, 9.17) is 18.8 Å². The molecule has 0 radical (unpaired) electrons. The van der Waals surface area contributed by atoms with Crippen molar-refractivity contribution in [2.75, 3.05) is 32.7 Å². The molecule has 0 aliphatic carbocycles. The number of rotatable bonds is 5. The van der Waals surface area contributed by atoms with Crippen molar-refractivity contribution >= 4 is 18.7 Å². The highest BCUT2D eigenvalue weighted by atomic mass is 16.7. The van der Waals surface area contributed by atoms with Crippen LogP contribution in [0.1, 0.15) is 74.1 Å². The first kappa shape index (κ1) is 27.3. The molecule has 0 N–H and O–H groups in total. The smallest absolute Gasteiger partial charge is 0.490 e. The van der Waals surface area contributed by atoms with Gasteiger partial charge in [0.1, 0.15) is 17.5 Å². The van der Waals surface area contributed by atoms with Gasteiger partial charge in [-0.15, -0.1) is 0 Å². The Morgan fingerprint density at radius 2 is 1.50 bits per heavy atom. The molecule has 3 aliphatic rings. The van der Waals surface area contributed by atoms with Crippen LogP contribution in [-0.2, 0) is 14.0 Å². The molecule has 0 spiro atoms. The minimum atomic E-state index is -0.435. The van der Waals surface area contributed by atoms with Crippen LogP contribution in [0.3, 0.4) is 0 Å². The van der Waals surface area contributed by atoms with E-state index < -0.39 is 5.60 Å². The van der Waals surface area contributed by atoms with Crippen LogP contribution in [0.4, 0.5) is 4.79 Å². The summed E-state index contributed by atoms with van der Waals surface area (Å²) in [4.78, 5) is 16.7. The molecule has 3 saturated heterocycles. The van der Waals surface area contributed by atoms with Gasteiger partial charge in [-0.2, -0.15) is 0 Å². The second kappa shape index (κ2) is 10.5. The minimum Gasteiger partial charge on any atom is -0.490 e. The number of piperidine rings is 2. The molecule has 1 aromatic carbocycles. The largest absolute Gasteiger partial charge is 0.494 e. The number of hydrogen-bond acceptors (Lipinski definition) is 6. The zero-order valence-corrected chi connectivity index (χ0v) is 23.3. The standard InChI is InChI=1S/C28H45BN2O5/c1-26(2,3)34-25(32)31-18-12-21(13-19-31)20-30-16-14-24(15-17-30)33-23-10-8-22(9-11-23)29-35-27(4,5)28(6,7)36-29/h8-11,21,24H,12-20H2,1-7H3. The maximum atomic E-state index is 12.3. The molecule has 0 unspecified atom stereocenters. The predicted octanol–water partition coefficient (Wildman–Crippen LogP) is 4.48. The second-order valence-corrected chi connectivity index (χ2v) is 12.7. The summed E-state index contributed by atoms with van der Waals surface area (Å²) in [5.74, 6) is 1.55. The van der Waals surface area contributed by atoms with Crippen LogP contribution in [0.25, 0.3) is 0 Å². The van der Waals surface area contributed by atoms with Gasteiger partial charge in [-0.1, -0.05) is 12.1 Å². The van der Waals surface area contributed by atoms with Crippen LogP contribution in [0.15, 0.2) is 24.3 Å². The highest BCUT2D eigenvalue weighted by Gasteiger charge is 2.51. The third kappa shape index (κ3) is 6.75. The molecule has 0 atom stereocenters. The number of carbonyl (C=O) groups is 1. The molecule has 3 fully saturated rings. The number of amides is 1. The highest BCUT2D eigenvalue weighted by Crippen LogP contribution is 2.36. The minimum absolute atomic E-state index is 0.178. The van der Waals surface area contributed by atoms with Crippen LogP contribution in [0.5, 0.6) is 5.75 Å². The van der Waals surface area contributed by atoms with Gasteiger partial charge in [0.05, 0.1) is 11.2 Å². The van der Waals surface area contributed by atoms with E-state index in [2.05, 4.69) is 44.7 Å². The van der Waals surface area contributed by atoms with Crippen LogP contribution >= 0.6 is 0 Å². The molecule has 0 bridgehead atoms. The van der Waals surface area contributed by atoms with E-state index in [1.807, 2.05) is 37.8 Å². The average Bonchev–Trinajstić information content (AvgIpc) is 3.02. The third-order valence-electron chi connectivity index (χ3n) is 8.03. The van der Waals surface area contributed by atoms with E-state index in [-0.39, 0.29) is 30.5 Å². The van der Waals surface area contributed by atoms with Gasteiger partial charge in [-0.25, -0.2) is 4.79 Å². The Morgan fingerprint density at radius 3 is 2.03 bits per heavy atom. The molecule has 4 rings (SSSR count). The lowest BCUT2D eigenvalue weighted by Gasteiger charge is -2.38. The normalized spacial score (nSPS) is 23.6. The number of likely N-dealkylation sites (tertiary alicyclic amines) is 2. The zero-order valence-electron chi connectivity index (χ0n) is 23.3. The average molecular weight is 500 g/mol. The fourth-order valence-electron chi connectivity index (χ4n) is 5.07. The molecule has 3 aliphatic heterocycles. The van der Waals surface area contributed by atoms with Gasteiger partial charge < -0.3 is 28.6 Å². The Labute approximate surface area is 217 Å². The summed E-state index contributed by atoms with van der Waals surface area (Å²) >= 11 is 0. The molecule has 0 saturated carbocycles. The molecule has 7 nitrogen and oxygen atoms in total. The summed E-state index contributed by atoms with van der Waals surface area (Å²) in [5, 5.41) is 0. The van der Waals surface area contributed by atoms with Gasteiger partial charge in [0.25, 0.3) is 0 Å². The van der Waals surface area contributed by atoms with Gasteiger partial charge in [0.2, 0.25) is 0 Å². The van der Waals surface area contributed by atoms with Gasteiger partial charge in [-0.3, -0.25) is 0 Å². The molecular formula is C28H45BN2O5. The van der Waals surface area contributed by atoms with Crippen molar-refractivity contribution in [3.8, 4) is 5.75 Å². The predicted molar refractivity (Wildman–Crippen MR) is 143 cm³/mol. The third-order valence-corrected chi connectivity index (χ3v) is 8.03. The Balaban J connectivity index is 1.17. The summed E-state index contributed by atoms with van der Waals surface area (Å²) in [6.07, 6.45) is 4.24. The fourth-order valence-corrected chi connectivity index (χ4v) is 5.07. The Kier molecular flexibility index (Phi) is 7.99. The van der Waals surface area contributed by atoms with Crippen LogP contribution in [0, 0.1) is 5.92 Å². The van der Waals surface area contributed by atoms with Gasteiger partial charge in [0, 0.05) is 32.7 Å². The lowest BCUT2D eigenvalue weighted by molar-refractivity contribution is 0.00578. The van der Waals surface area contributed by atoms with Crippen LogP contribution in [0.2, 0.25) is 0 Å². The van der Waals surface area contributed by atoms with Gasteiger partial charge in [0.15, 0.2) is 0 Å². The number of ether oxygens (including phenoxy) is 2. The van der Waals surface area contributed by atoms with Crippen molar-refractivity contribution in [1.29, 1.82) is 0 Å². The van der Waals surface area contributed by atoms with Crippen LogP contribution < -0.4 is 10.2 Å². The number of carbonyl (C=O) groups excluding carboxylic acids is 1. The quantitative estimate of drug-likeness (QED) is 0.556. The second-order valence-electron chi connectivity index (χ2n) is 12.7. The van der Waals surface area contributed by atoms with Crippen LogP contribution in [-0.4, -0.2) is 78.6 Å². The van der Waals surface area contributed by atoms with E-state index in [0.717, 1.165) is 69.6 Å². The molecule has 200 valence electrons. The summed E-state index contributed by atoms with van der Waals surface area (Å²) in [5.41, 5.74) is -0.0879. The van der Waals surface area contributed by atoms with Crippen molar-refractivity contribution in [3.63, 3.8) is 0 Å². The van der Waals surface area contributed by atoms with Crippen molar-refractivity contribution < 1.29 is 23.6 Å². The first-order valence-corrected chi connectivity index (χ1v) is 13.6. The number of nitrogens with zero attached hydrogens (tertiary/aromatic N) is 2. The van der Waals surface area contributed by atoms with Crippen molar-refractivity contribution in [2.45, 2.75) is 97.1 Å². The van der Waals surface area contributed by atoms with E-state index in [1.54, 1.807) is 0 Å². The summed E-state index contributed by atoms with van der Waals surface area (Å²) in [7, 11) is -0.344. The summed E-state index contributed by atoms with van der Waals surface area (Å²) in [6, 6.07) is 8.17. The fraction of sp³-hybridized carbons (Fsp3) is 0.750. The lowest BCUT2D eigenvalue weighted by Crippen LogP contribution is -2.45. The highest BCUT2D eigenvalue weighted by molar-refractivity contribution is 6.62. The molecule has 1 aromatic rings. The molecule has 8 heteroatoms. The monoisotopic (exact) mass is 500 g/mol. The van der Waals surface area contributed by atoms with Gasteiger partial charge >= 0.3 is 13.2 Å². The van der Waals surface area contributed by atoms with E-state index in [0.29, 0.717) is 5.92 Å². The Hall–Kier alpha value is -1.77. The number of hydrogen-bond donors (Lipinski definition) is 0. The van der Waals surface area contributed by atoms with Crippen molar-refractivity contribution in [3.05, 3.63) is 24.3 Å². The molecule has 3 heterocycles. The van der Waals surface area contributed by atoms with Crippen molar-refractivity contribution in [1.82, 2.24) is 9.80 Å². The maximum absolute atomic E-state index is 12.3. The SMILES string of the molecule is CC(C)(C)OC(=O)N1CCC(CN2CCC(Oc3ccc(B4OC(C)(C)C(C)(C)O4)cc3)CC2)CC1. The molecule has 0 aromatic heterocycles. The number of benzene rings is 1. The topological polar surface area (TPSA) is 60.5 Å². The molecule has 36 heavy (non-hydrogen) atoms. The lowest BCUT2D eigenvalue weighted by atomic mass is 9.79. The first-order chi connectivity index (χ1) is 16.8. The van der Waals surface area contributed by atoms with Crippen molar-refractivity contribution in [2.24, 2.45) is 5.92 Å². The zero-order chi connectivity index (χ0) is 26.1. The van der Waals surface area contributed by atoms with E-state index >= 15 is 0 Å². The molecular weight excluding hydrogens is 455 g/mol. The Bertz CT molecular complexity index is 866. The maximum Gasteiger partial charge on any atom is 0.494 e. The van der Waals surface area contributed by atoms with E-state index in [9.17, 15) is 4.79 Å². The summed E-state index contributed by atoms with van der Waals surface area (Å²) < 4.78 is 24.1. The Morgan fingerprint density at radius 1 is 0.944 bits per heavy atom. The first-order valence-electron chi connectivity index (χ1n) is 13.6. The summed E-state index contributed by atoms with van der Waals surface area (Å²) in [6.45, 7) is 18.9. The molecule has 1 amide bonds.